The van der Waals surface area contributed by atoms with Crippen molar-refractivity contribution in [2.75, 3.05) is 27.3 Å². The quantitative estimate of drug-likeness (QED) is 0.642. The summed E-state index contributed by atoms with van der Waals surface area (Å²) in [6.45, 7) is 3.28. The summed E-state index contributed by atoms with van der Waals surface area (Å²) < 4.78 is 12.3. The van der Waals surface area contributed by atoms with Crippen molar-refractivity contribution in [1.82, 2.24) is 19.7 Å². The summed E-state index contributed by atoms with van der Waals surface area (Å²) in [6.07, 6.45) is 2.37. The molecule has 1 N–H and O–H groups in total. The number of H-pyrrole nitrogens is 1. The number of aryl methyl sites for hydroxylation is 1. The number of carbonyl (C=O) groups excluding carboxylic acids is 1. The first-order valence-corrected chi connectivity index (χ1v) is 10.8. The van der Waals surface area contributed by atoms with Crippen LogP contribution in [-0.4, -0.2) is 52.9 Å². The van der Waals surface area contributed by atoms with Gasteiger partial charge < -0.3 is 14.4 Å². The summed E-state index contributed by atoms with van der Waals surface area (Å²) in [5, 5.41) is 6.88. The third-order valence-corrected chi connectivity index (χ3v) is 6.11. The van der Waals surface area contributed by atoms with Crippen LogP contribution in [0.25, 0.3) is 5.69 Å². The molecule has 2 aromatic carbocycles. The molecule has 0 bridgehead atoms. The summed E-state index contributed by atoms with van der Waals surface area (Å²) in [5.74, 6) is 2.19. The Kier molecular flexibility index (Phi) is 6.30. The van der Waals surface area contributed by atoms with Gasteiger partial charge in [-0.25, -0.2) is 14.5 Å². The maximum Gasteiger partial charge on any atom is 0.347 e. The minimum Gasteiger partial charge on any atom is -0.497 e. The monoisotopic (exact) mass is 436 g/mol. The van der Waals surface area contributed by atoms with Crippen molar-refractivity contribution in [2.24, 2.45) is 5.92 Å². The molecule has 1 fully saturated rings. The van der Waals surface area contributed by atoms with Crippen molar-refractivity contribution in [3.63, 3.8) is 0 Å². The highest BCUT2D eigenvalue weighted by atomic mass is 16.5. The Labute approximate surface area is 186 Å². The van der Waals surface area contributed by atoms with Gasteiger partial charge >= 0.3 is 5.69 Å². The number of nitrogens with zero attached hydrogens (tertiary/aromatic N) is 3. The van der Waals surface area contributed by atoms with Gasteiger partial charge in [0.1, 0.15) is 17.3 Å². The number of benzene rings is 2. The first kappa shape index (κ1) is 21.7. The van der Waals surface area contributed by atoms with E-state index < -0.39 is 0 Å². The molecule has 1 aromatic heterocycles. The minimum absolute atomic E-state index is 0.0421. The molecular weight excluding hydrogens is 408 g/mol. The Morgan fingerprint density at radius 1 is 1.12 bits per heavy atom. The summed E-state index contributed by atoms with van der Waals surface area (Å²) >= 11 is 0. The summed E-state index contributed by atoms with van der Waals surface area (Å²) in [7, 11) is 3.13. The van der Waals surface area contributed by atoms with E-state index in [9.17, 15) is 9.59 Å². The lowest BCUT2D eigenvalue weighted by atomic mass is 9.92. The Morgan fingerprint density at radius 2 is 1.88 bits per heavy atom. The van der Waals surface area contributed by atoms with E-state index in [1.54, 1.807) is 37.0 Å². The highest BCUT2D eigenvalue weighted by Gasteiger charge is 2.27. The molecule has 2 heterocycles. The number of nitrogens with one attached hydrogen (secondary N) is 1. The van der Waals surface area contributed by atoms with Crippen LogP contribution in [0, 0.1) is 12.8 Å². The smallest absolute Gasteiger partial charge is 0.347 e. The number of ether oxygens (including phenoxy) is 2. The fraction of sp³-hybridized carbons (Fsp3) is 0.375. The lowest BCUT2D eigenvalue weighted by Gasteiger charge is -2.32. The molecule has 1 aliphatic heterocycles. The van der Waals surface area contributed by atoms with Gasteiger partial charge in [-0.3, -0.25) is 4.79 Å². The Balaban J connectivity index is 1.44. The molecule has 4 rings (SSSR count). The average Bonchev–Trinajstić information content (AvgIpc) is 3.18. The molecule has 1 aliphatic rings. The lowest BCUT2D eigenvalue weighted by Crippen LogP contribution is -2.39. The predicted octanol–water partition coefficient (Wildman–Crippen LogP) is 2.98. The van der Waals surface area contributed by atoms with Crippen molar-refractivity contribution in [2.45, 2.75) is 26.2 Å². The minimum atomic E-state index is -0.228. The highest BCUT2D eigenvalue weighted by molar-refractivity contribution is 5.97. The van der Waals surface area contributed by atoms with E-state index in [1.165, 1.54) is 0 Å². The Bertz CT molecular complexity index is 1160. The van der Waals surface area contributed by atoms with Gasteiger partial charge in [0.25, 0.3) is 5.91 Å². The Morgan fingerprint density at radius 3 is 2.56 bits per heavy atom. The standard InChI is InChI=1S/C24H28N4O4/c1-16-6-4-5-7-20(16)28-22(25-26-24(28)30)14-17-10-12-27(13-11-17)23(29)19-9-8-18(31-2)15-21(19)32-3/h4-9,15,17H,10-14H2,1-3H3,(H,26,30). The first-order valence-electron chi connectivity index (χ1n) is 10.8. The van der Waals surface area contributed by atoms with Crippen LogP contribution in [0.4, 0.5) is 0 Å². The maximum absolute atomic E-state index is 13.1. The molecule has 3 aromatic rings. The fourth-order valence-electron chi connectivity index (χ4n) is 4.27. The molecule has 8 nitrogen and oxygen atoms in total. The number of hydrogen-bond acceptors (Lipinski definition) is 5. The molecular formula is C24H28N4O4. The second kappa shape index (κ2) is 9.30. The number of rotatable bonds is 6. The van der Waals surface area contributed by atoms with Crippen molar-refractivity contribution in [3.8, 4) is 17.2 Å². The number of methoxy groups -OCH3 is 2. The average molecular weight is 437 g/mol. The van der Waals surface area contributed by atoms with Crippen molar-refractivity contribution < 1.29 is 14.3 Å². The topological polar surface area (TPSA) is 89.5 Å². The number of likely N-dealkylation sites (tertiary alicyclic amines) is 1. The number of carbonyl (C=O) groups is 1. The van der Waals surface area contributed by atoms with Gasteiger partial charge in [-0.15, -0.1) is 0 Å². The normalized spacial score (nSPS) is 14.4. The van der Waals surface area contributed by atoms with Crippen molar-refractivity contribution in [1.29, 1.82) is 0 Å². The summed E-state index contributed by atoms with van der Waals surface area (Å²) in [4.78, 5) is 27.3. The van der Waals surface area contributed by atoms with E-state index >= 15 is 0 Å². The first-order chi connectivity index (χ1) is 15.5. The van der Waals surface area contributed by atoms with E-state index in [0.29, 0.717) is 42.5 Å². The predicted molar refractivity (Wildman–Crippen MR) is 121 cm³/mol. The molecule has 168 valence electrons. The SMILES string of the molecule is COc1ccc(C(=O)N2CCC(Cc3n[nH]c(=O)n3-c3ccccc3C)CC2)c(OC)c1. The molecule has 32 heavy (non-hydrogen) atoms. The van der Waals surface area contributed by atoms with E-state index in [2.05, 4.69) is 10.2 Å². The van der Waals surface area contributed by atoms with Gasteiger partial charge in [-0.1, -0.05) is 18.2 Å². The van der Waals surface area contributed by atoms with Crippen LogP contribution < -0.4 is 15.2 Å². The van der Waals surface area contributed by atoms with Crippen LogP contribution in [-0.2, 0) is 6.42 Å². The molecule has 0 aliphatic carbocycles. The van der Waals surface area contributed by atoms with Crippen LogP contribution in [0.2, 0.25) is 0 Å². The molecule has 0 saturated carbocycles. The maximum atomic E-state index is 13.1. The number of amides is 1. The van der Waals surface area contributed by atoms with Crippen molar-refractivity contribution >= 4 is 5.91 Å². The molecule has 1 amide bonds. The van der Waals surface area contributed by atoms with Gasteiger partial charge in [0.05, 0.1) is 25.5 Å². The number of aromatic nitrogens is 3. The lowest BCUT2D eigenvalue weighted by molar-refractivity contribution is 0.0686. The van der Waals surface area contributed by atoms with Gasteiger partial charge in [0.15, 0.2) is 0 Å². The molecule has 8 heteroatoms. The third-order valence-electron chi connectivity index (χ3n) is 6.11. The van der Waals surface area contributed by atoms with Gasteiger partial charge in [0, 0.05) is 25.6 Å². The second-order valence-corrected chi connectivity index (χ2v) is 8.07. The van der Waals surface area contributed by atoms with Crippen LogP contribution in [0.15, 0.2) is 47.3 Å². The van der Waals surface area contributed by atoms with E-state index in [4.69, 9.17) is 9.47 Å². The zero-order chi connectivity index (χ0) is 22.7. The summed E-state index contributed by atoms with van der Waals surface area (Å²) in [6, 6.07) is 13.0. The van der Waals surface area contributed by atoms with Crippen LogP contribution in [0.3, 0.4) is 0 Å². The Hall–Kier alpha value is -3.55. The van der Waals surface area contributed by atoms with E-state index in [-0.39, 0.29) is 11.6 Å². The summed E-state index contributed by atoms with van der Waals surface area (Å²) in [5.41, 5.74) is 2.17. The van der Waals surface area contributed by atoms with Gasteiger partial charge in [0.2, 0.25) is 0 Å². The molecule has 0 atom stereocenters. The number of piperidine rings is 1. The van der Waals surface area contributed by atoms with Gasteiger partial charge in [-0.05, 0) is 49.4 Å². The van der Waals surface area contributed by atoms with E-state index in [0.717, 1.165) is 29.9 Å². The zero-order valence-electron chi connectivity index (χ0n) is 18.6. The highest BCUT2D eigenvalue weighted by Crippen LogP contribution is 2.28. The molecule has 0 spiro atoms. The molecule has 0 unspecified atom stereocenters. The number of hydrogen-bond donors (Lipinski definition) is 1. The molecule has 1 saturated heterocycles. The van der Waals surface area contributed by atoms with Crippen LogP contribution in [0.5, 0.6) is 11.5 Å². The fourth-order valence-corrected chi connectivity index (χ4v) is 4.27. The second-order valence-electron chi connectivity index (χ2n) is 8.07. The third kappa shape index (κ3) is 4.26. The van der Waals surface area contributed by atoms with Crippen LogP contribution >= 0.6 is 0 Å². The number of para-hydroxylation sites is 1. The molecule has 0 radical (unpaired) electrons. The van der Waals surface area contributed by atoms with Gasteiger partial charge in [-0.2, -0.15) is 5.10 Å². The van der Waals surface area contributed by atoms with Crippen molar-refractivity contribution in [3.05, 3.63) is 69.9 Å². The van der Waals surface area contributed by atoms with E-state index in [1.807, 2.05) is 36.1 Å². The van der Waals surface area contributed by atoms with Crippen LogP contribution in [0.1, 0.15) is 34.6 Å². The zero-order valence-corrected chi connectivity index (χ0v) is 18.6. The largest absolute Gasteiger partial charge is 0.497 e. The number of aromatic amines is 1.